The molecule has 3 heterocycles. The second kappa shape index (κ2) is 7.72. The Morgan fingerprint density at radius 3 is 2.34 bits per heavy atom. The van der Waals surface area contributed by atoms with E-state index < -0.39 is 0 Å². The third-order valence-electron chi connectivity index (χ3n) is 5.44. The summed E-state index contributed by atoms with van der Waals surface area (Å²) in [6, 6.07) is 20.6. The van der Waals surface area contributed by atoms with E-state index in [4.69, 9.17) is 4.98 Å². The zero-order valence-electron chi connectivity index (χ0n) is 16.1. The molecular weight excluding hydrogens is 380 g/mol. The molecule has 6 heteroatoms. The molecule has 5 rings (SSSR count). The van der Waals surface area contributed by atoms with Gasteiger partial charge in [-0.05, 0) is 12.1 Å². The van der Waals surface area contributed by atoms with Crippen LogP contribution in [0.3, 0.4) is 0 Å². The maximum atomic E-state index is 12.9. The second-order valence-corrected chi connectivity index (χ2v) is 8.09. The quantitative estimate of drug-likeness (QED) is 0.519. The first-order valence-corrected chi connectivity index (χ1v) is 10.7. The van der Waals surface area contributed by atoms with Crippen LogP contribution in [0.15, 0.2) is 72.2 Å². The monoisotopic (exact) mass is 402 g/mol. The number of nitrogens with zero attached hydrogens (tertiary/aromatic N) is 4. The predicted octanol–water partition coefficient (Wildman–Crippen LogP) is 3.95. The zero-order chi connectivity index (χ0) is 19.6. The van der Waals surface area contributed by atoms with Crippen molar-refractivity contribution in [3.05, 3.63) is 77.9 Å². The lowest BCUT2D eigenvalue weighted by Crippen LogP contribution is -2.49. The van der Waals surface area contributed by atoms with E-state index in [1.54, 1.807) is 11.3 Å². The van der Waals surface area contributed by atoms with Gasteiger partial charge in [0.15, 0.2) is 4.96 Å². The fourth-order valence-electron chi connectivity index (χ4n) is 3.82. The molecule has 1 fully saturated rings. The maximum absolute atomic E-state index is 12.9. The van der Waals surface area contributed by atoms with Gasteiger partial charge in [-0.25, -0.2) is 4.98 Å². The number of piperazine rings is 1. The van der Waals surface area contributed by atoms with Gasteiger partial charge in [0.05, 0.1) is 12.1 Å². The van der Waals surface area contributed by atoms with E-state index in [1.807, 2.05) is 35.4 Å². The molecule has 1 saturated heterocycles. The third-order valence-corrected chi connectivity index (χ3v) is 6.33. The first kappa shape index (κ1) is 17.9. The van der Waals surface area contributed by atoms with Crippen molar-refractivity contribution in [2.24, 2.45) is 0 Å². The van der Waals surface area contributed by atoms with E-state index in [9.17, 15) is 4.79 Å². The summed E-state index contributed by atoms with van der Waals surface area (Å²) in [6.07, 6.45) is 2.45. The van der Waals surface area contributed by atoms with Crippen LogP contribution in [0.5, 0.6) is 0 Å². The van der Waals surface area contributed by atoms with Gasteiger partial charge in [0.25, 0.3) is 0 Å². The highest BCUT2D eigenvalue weighted by atomic mass is 32.1. The molecule has 0 spiro atoms. The number of anilines is 1. The summed E-state index contributed by atoms with van der Waals surface area (Å²) in [5.74, 6) is 0.187. The molecule has 2 aromatic heterocycles. The van der Waals surface area contributed by atoms with Gasteiger partial charge in [0.1, 0.15) is 0 Å². The molecule has 0 saturated carbocycles. The zero-order valence-corrected chi connectivity index (χ0v) is 16.9. The van der Waals surface area contributed by atoms with Gasteiger partial charge in [-0.15, -0.1) is 11.3 Å². The Labute approximate surface area is 173 Å². The van der Waals surface area contributed by atoms with E-state index >= 15 is 0 Å². The molecule has 146 valence electrons. The molecule has 0 bridgehead atoms. The average Bonchev–Trinajstić information content (AvgIpc) is 3.37. The van der Waals surface area contributed by atoms with Crippen LogP contribution >= 0.6 is 11.3 Å². The van der Waals surface area contributed by atoms with Crippen LogP contribution in [0.4, 0.5) is 5.69 Å². The highest BCUT2D eigenvalue weighted by Gasteiger charge is 2.22. The van der Waals surface area contributed by atoms with Crippen molar-refractivity contribution in [1.82, 2.24) is 14.3 Å². The number of carbonyl (C=O) groups is 1. The molecule has 0 N–H and O–H groups in total. The van der Waals surface area contributed by atoms with Crippen molar-refractivity contribution in [3.8, 4) is 11.3 Å². The summed E-state index contributed by atoms with van der Waals surface area (Å²) in [5.41, 5.74) is 4.28. The number of benzene rings is 2. The number of amides is 1. The van der Waals surface area contributed by atoms with Crippen molar-refractivity contribution >= 4 is 27.9 Å². The smallest absolute Gasteiger partial charge is 0.228 e. The summed E-state index contributed by atoms with van der Waals surface area (Å²) in [4.78, 5) is 22.9. The Bertz CT molecular complexity index is 1110. The minimum Gasteiger partial charge on any atom is -0.368 e. The van der Waals surface area contributed by atoms with Crippen LogP contribution in [0.2, 0.25) is 0 Å². The lowest BCUT2D eigenvalue weighted by atomic mass is 10.2. The first-order valence-electron chi connectivity index (χ1n) is 9.86. The standard InChI is InChI=1S/C23H22N4OS/c28-22(26-13-11-25(12-14-26)19-9-5-2-6-10-19)15-20-17-29-23-24-21(16-27(20)23)18-7-3-1-4-8-18/h1-10,16-17H,11-15H2. The van der Waals surface area contributed by atoms with Gasteiger partial charge in [-0.2, -0.15) is 0 Å². The SMILES string of the molecule is O=C(Cc1csc2nc(-c3ccccc3)cn12)N1CCN(c2ccccc2)CC1. The van der Waals surface area contributed by atoms with Gasteiger partial charge in [0.2, 0.25) is 5.91 Å². The molecule has 1 amide bonds. The highest BCUT2D eigenvalue weighted by Crippen LogP contribution is 2.24. The molecule has 5 nitrogen and oxygen atoms in total. The van der Waals surface area contributed by atoms with Crippen molar-refractivity contribution in [2.45, 2.75) is 6.42 Å². The fourth-order valence-corrected chi connectivity index (χ4v) is 4.70. The summed E-state index contributed by atoms with van der Waals surface area (Å²) in [6.45, 7) is 3.27. The lowest BCUT2D eigenvalue weighted by Gasteiger charge is -2.36. The lowest BCUT2D eigenvalue weighted by molar-refractivity contribution is -0.130. The Morgan fingerprint density at radius 1 is 0.931 bits per heavy atom. The van der Waals surface area contributed by atoms with Crippen LogP contribution in [0.25, 0.3) is 16.2 Å². The molecule has 0 aliphatic carbocycles. The number of hydrogen-bond acceptors (Lipinski definition) is 4. The Kier molecular flexibility index (Phi) is 4.77. The summed E-state index contributed by atoms with van der Waals surface area (Å²) >= 11 is 1.59. The van der Waals surface area contributed by atoms with Crippen LogP contribution in [0, 0.1) is 0 Å². The predicted molar refractivity (Wildman–Crippen MR) is 117 cm³/mol. The van der Waals surface area contributed by atoms with Gasteiger partial charge in [-0.1, -0.05) is 48.5 Å². The number of rotatable bonds is 4. The number of carbonyl (C=O) groups excluding carboxylic acids is 1. The number of imidazole rings is 1. The molecule has 0 unspecified atom stereocenters. The number of aromatic nitrogens is 2. The molecule has 0 radical (unpaired) electrons. The number of thiazole rings is 1. The average molecular weight is 403 g/mol. The molecule has 29 heavy (non-hydrogen) atoms. The summed E-state index contributed by atoms with van der Waals surface area (Å²) in [7, 11) is 0. The molecule has 1 aliphatic heterocycles. The first-order chi connectivity index (χ1) is 14.3. The van der Waals surface area contributed by atoms with Crippen LogP contribution in [-0.2, 0) is 11.2 Å². The fraction of sp³-hybridized carbons (Fsp3) is 0.217. The molecule has 1 aliphatic rings. The normalized spacial score (nSPS) is 14.5. The Hall–Kier alpha value is -3.12. The van der Waals surface area contributed by atoms with Crippen molar-refractivity contribution in [1.29, 1.82) is 0 Å². The number of para-hydroxylation sites is 1. The van der Waals surface area contributed by atoms with Crippen molar-refractivity contribution in [2.75, 3.05) is 31.1 Å². The highest BCUT2D eigenvalue weighted by molar-refractivity contribution is 7.15. The van der Waals surface area contributed by atoms with Gasteiger partial charge >= 0.3 is 0 Å². The second-order valence-electron chi connectivity index (χ2n) is 7.25. The molecule has 0 atom stereocenters. The topological polar surface area (TPSA) is 40.9 Å². The van der Waals surface area contributed by atoms with E-state index in [0.29, 0.717) is 6.42 Å². The van der Waals surface area contributed by atoms with Crippen LogP contribution < -0.4 is 4.90 Å². The number of hydrogen-bond donors (Lipinski definition) is 0. The van der Waals surface area contributed by atoms with Crippen LogP contribution in [-0.4, -0.2) is 46.4 Å². The minimum absolute atomic E-state index is 0.187. The van der Waals surface area contributed by atoms with E-state index in [-0.39, 0.29) is 5.91 Å². The largest absolute Gasteiger partial charge is 0.368 e. The Balaban J connectivity index is 1.26. The van der Waals surface area contributed by atoms with Gasteiger partial charge in [-0.3, -0.25) is 9.20 Å². The maximum Gasteiger partial charge on any atom is 0.228 e. The van der Waals surface area contributed by atoms with Crippen LogP contribution in [0.1, 0.15) is 5.69 Å². The summed E-state index contributed by atoms with van der Waals surface area (Å²) < 4.78 is 2.06. The van der Waals surface area contributed by atoms with Gasteiger partial charge < -0.3 is 9.80 Å². The summed E-state index contributed by atoms with van der Waals surface area (Å²) in [5, 5.41) is 2.05. The molecule has 4 aromatic rings. The molecule has 2 aromatic carbocycles. The van der Waals surface area contributed by atoms with Crippen molar-refractivity contribution in [3.63, 3.8) is 0 Å². The molecular formula is C23H22N4OS. The van der Waals surface area contributed by atoms with Crippen molar-refractivity contribution < 1.29 is 4.79 Å². The minimum atomic E-state index is 0.187. The van der Waals surface area contributed by atoms with E-state index in [1.165, 1.54) is 5.69 Å². The van der Waals surface area contributed by atoms with E-state index in [0.717, 1.165) is 48.1 Å². The van der Waals surface area contributed by atoms with E-state index in [2.05, 4.69) is 51.1 Å². The number of fused-ring (bicyclic) bond motifs is 1. The third kappa shape index (κ3) is 3.63. The van der Waals surface area contributed by atoms with Gasteiger partial charge in [0, 0.05) is 54.7 Å². The Morgan fingerprint density at radius 2 is 1.62 bits per heavy atom.